The Morgan fingerprint density at radius 1 is 1.24 bits per heavy atom. The van der Waals surface area contributed by atoms with E-state index in [1.54, 1.807) is 24.3 Å². The zero-order valence-electron chi connectivity index (χ0n) is 11.2. The van der Waals surface area contributed by atoms with Gasteiger partial charge in [-0.25, -0.2) is 4.79 Å². The van der Waals surface area contributed by atoms with Crippen LogP contribution in [0.3, 0.4) is 0 Å². The van der Waals surface area contributed by atoms with Gasteiger partial charge in [-0.05, 0) is 45.8 Å². The third kappa shape index (κ3) is 3.66. The maximum absolute atomic E-state index is 11.0. The van der Waals surface area contributed by atoms with Gasteiger partial charge in [0.2, 0.25) is 0 Å². The van der Waals surface area contributed by atoms with Crippen LogP contribution < -0.4 is 9.47 Å². The van der Waals surface area contributed by atoms with Crippen LogP contribution in [0.2, 0.25) is 0 Å². The maximum Gasteiger partial charge on any atom is 0.335 e. The Morgan fingerprint density at radius 2 is 1.90 bits per heavy atom. The van der Waals surface area contributed by atoms with Gasteiger partial charge in [-0.3, -0.25) is 0 Å². The van der Waals surface area contributed by atoms with Gasteiger partial charge in [-0.2, -0.15) is 0 Å². The highest BCUT2D eigenvalue weighted by Crippen LogP contribution is 2.37. The van der Waals surface area contributed by atoms with Crippen LogP contribution in [0.1, 0.15) is 15.9 Å². The smallest absolute Gasteiger partial charge is 0.335 e. The summed E-state index contributed by atoms with van der Waals surface area (Å²) in [5.74, 6) is -0.0986. The van der Waals surface area contributed by atoms with Crippen LogP contribution in [0, 0.1) is 0 Å². The summed E-state index contributed by atoms with van der Waals surface area (Å²) < 4.78 is 11.3. The number of hydrogen-bond donors (Lipinski definition) is 2. The fraction of sp³-hybridized carbons (Fsp3) is 0.133. The molecule has 0 aromatic heterocycles. The number of benzene rings is 2. The summed E-state index contributed by atoms with van der Waals surface area (Å²) in [6.07, 6.45) is 0. The normalized spacial score (nSPS) is 10.2. The van der Waals surface area contributed by atoms with Crippen molar-refractivity contribution in [3.8, 4) is 17.2 Å². The van der Waals surface area contributed by atoms with E-state index in [4.69, 9.17) is 14.6 Å². The third-order valence-electron chi connectivity index (χ3n) is 2.80. The first-order valence-electron chi connectivity index (χ1n) is 6.03. The summed E-state index contributed by atoms with van der Waals surface area (Å²) in [5, 5.41) is 18.2. The van der Waals surface area contributed by atoms with Crippen LogP contribution in [0.5, 0.6) is 17.2 Å². The Labute approximate surface area is 129 Å². The monoisotopic (exact) mass is 352 g/mol. The van der Waals surface area contributed by atoms with Crippen molar-refractivity contribution in [1.29, 1.82) is 0 Å². The van der Waals surface area contributed by atoms with E-state index in [9.17, 15) is 9.90 Å². The number of aromatic carboxylic acids is 1. The number of phenolic OH excluding ortho intramolecular Hbond substituents is 1. The van der Waals surface area contributed by atoms with Gasteiger partial charge in [-0.15, -0.1) is 0 Å². The molecule has 2 aromatic carbocycles. The summed E-state index contributed by atoms with van der Waals surface area (Å²) in [6, 6.07) is 9.47. The Kier molecular flexibility index (Phi) is 4.70. The number of carboxylic acid groups (broad SMARTS) is 1. The zero-order chi connectivity index (χ0) is 15.4. The van der Waals surface area contributed by atoms with Gasteiger partial charge < -0.3 is 19.7 Å². The second kappa shape index (κ2) is 6.49. The average Bonchev–Trinajstić information content (AvgIpc) is 2.46. The van der Waals surface area contributed by atoms with Gasteiger partial charge >= 0.3 is 5.97 Å². The van der Waals surface area contributed by atoms with Crippen molar-refractivity contribution in [3.05, 3.63) is 52.0 Å². The van der Waals surface area contributed by atoms with Crippen molar-refractivity contribution >= 4 is 21.9 Å². The summed E-state index contributed by atoms with van der Waals surface area (Å²) in [4.78, 5) is 11.0. The van der Waals surface area contributed by atoms with Crippen molar-refractivity contribution in [2.24, 2.45) is 0 Å². The molecular weight excluding hydrogens is 340 g/mol. The van der Waals surface area contributed by atoms with Gasteiger partial charge in [0.1, 0.15) is 12.4 Å². The lowest BCUT2D eigenvalue weighted by Crippen LogP contribution is -2.02. The van der Waals surface area contributed by atoms with Crippen molar-refractivity contribution in [2.75, 3.05) is 7.11 Å². The molecule has 2 rings (SSSR count). The fourth-order valence-electron chi connectivity index (χ4n) is 1.73. The molecule has 0 bridgehead atoms. The number of carboxylic acids is 1. The van der Waals surface area contributed by atoms with Crippen LogP contribution in [-0.4, -0.2) is 23.3 Å². The quantitative estimate of drug-likeness (QED) is 0.861. The summed E-state index contributed by atoms with van der Waals surface area (Å²) in [6.45, 7) is 0.266. The summed E-state index contributed by atoms with van der Waals surface area (Å²) in [5.41, 5.74) is 0.972. The highest BCUT2D eigenvalue weighted by Gasteiger charge is 2.15. The van der Waals surface area contributed by atoms with Crippen LogP contribution in [0.25, 0.3) is 0 Å². The molecule has 0 saturated heterocycles. The van der Waals surface area contributed by atoms with Crippen LogP contribution >= 0.6 is 15.9 Å². The van der Waals surface area contributed by atoms with Crippen molar-refractivity contribution in [2.45, 2.75) is 6.61 Å². The SMILES string of the molecule is COc1cc(C(=O)O)cc(Br)c1OCc1ccc(O)cc1. The summed E-state index contributed by atoms with van der Waals surface area (Å²) in [7, 11) is 1.45. The molecule has 0 aliphatic heterocycles. The molecule has 2 N–H and O–H groups in total. The molecule has 2 aromatic rings. The number of hydrogen-bond acceptors (Lipinski definition) is 4. The van der Waals surface area contributed by atoms with E-state index in [0.29, 0.717) is 16.0 Å². The number of carbonyl (C=O) groups is 1. The standard InChI is InChI=1S/C15H13BrO5/c1-20-13-7-10(15(18)19)6-12(16)14(13)21-8-9-2-4-11(17)5-3-9/h2-7,17H,8H2,1H3,(H,18,19). The van der Waals surface area contributed by atoms with Crippen LogP contribution in [-0.2, 0) is 6.61 Å². The topological polar surface area (TPSA) is 76.0 Å². The second-order valence-electron chi connectivity index (χ2n) is 4.25. The molecule has 21 heavy (non-hydrogen) atoms. The van der Waals surface area contributed by atoms with Gasteiger partial charge in [-0.1, -0.05) is 12.1 Å². The molecule has 0 radical (unpaired) electrons. The molecule has 0 fully saturated rings. The summed E-state index contributed by atoms with van der Waals surface area (Å²) >= 11 is 3.28. The molecule has 0 saturated carbocycles. The first-order valence-corrected chi connectivity index (χ1v) is 6.82. The number of aromatic hydroxyl groups is 1. The predicted molar refractivity (Wildman–Crippen MR) is 80.1 cm³/mol. The Balaban J connectivity index is 2.23. The molecular formula is C15H13BrO5. The predicted octanol–water partition coefficient (Wildman–Crippen LogP) is 3.44. The van der Waals surface area contributed by atoms with Crippen LogP contribution in [0.4, 0.5) is 0 Å². The lowest BCUT2D eigenvalue weighted by molar-refractivity contribution is 0.0696. The minimum absolute atomic E-state index is 0.107. The minimum atomic E-state index is -1.04. The molecule has 0 aliphatic carbocycles. The van der Waals surface area contributed by atoms with E-state index in [0.717, 1.165) is 5.56 Å². The Morgan fingerprint density at radius 3 is 2.48 bits per heavy atom. The number of rotatable bonds is 5. The first kappa shape index (κ1) is 15.2. The van der Waals surface area contributed by atoms with Crippen molar-refractivity contribution < 1.29 is 24.5 Å². The first-order chi connectivity index (χ1) is 10.0. The van der Waals surface area contributed by atoms with E-state index in [1.807, 2.05) is 0 Å². The van der Waals surface area contributed by atoms with E-state index in [2.05, 4.69) is 15.9 Å². The average molecular weight is 353 g/mol. The number of methoxy groups -OCH3 is 1. The van der Waals surface area contributed by atoms with Gasteiger partial charge in [0.15, 0.2) is 11.5 Å². The van der Waals surface area contributed by atoms with Gasteiger partial charge in [0, 0.05) is 0 Å². The zero-order valence-corrected chi connectivity index (χ0v) is 12.8. The number of halogens is 1. The van der Waals surface area contributed by atoms with E-state index in [1.165, 1.54) is 19.2 Å². The second-order valence-corrected chi connectivity index (χ2v) is 5.10. The van der Waals surface area contributed by atoms with Gasteiger partial charge in [0.25, 0.3) is 0 Å². The highest BCUT2D eigenvalue weighted by atomic mass is 79.9. The fourth-order valence-corrected chi connectivity index (χ4v) is 2.29. The Hall–Kier alpha value is -2.21. The highest BCUT2D eigenvalue weighted by molar-refractivity contribution is 9.10. The van der Waals surface area contributed by atoms with Gasteiger partial charge in [0.05, 0.1) is 17.1 Å². The van der Waals surface area contributed by atoms with Crippen LogP contribution in [0.15, 0.2) is 40.9 Å². The molecule has 110 valence electrons. The molecule has 6 heteroatoms. The number of ether oxygens (including phenoxy) is 2. The molecule has 0 unspecified atom stereocenters. The molecule has 0 aliphatic rings. The maximum atomic E-state index is 11.0. The third-order valence-corrected chi connectivity index (χ3v) is 3.38. The molecule has 0 spiro atoms. The number of phenols is 1. The van der Waals surface area contributed by atoms with Crippen molar-refractivity contribution in [3.63, 3.8) is 0 Å². The minimum Gasteiger partial charge on any atom is -0.508 e. The van der Waals surface area contributed by atoms with E-state index < -0.39 is 5.97 Å². The lowest BCUT2D eigenvalue weighted by Gasteiger charge is -2.13. The molecule has 5 nitrogen and oxygen atoms in total. The lowest BCUT2D eigenvalue weighted by atomic mass is 10.2. The molecule has 0 atom stereocenters. The Bertz CT molecular complexity index is 652. The largest absolute Gasteiger partial charge is 0.508 e. The molecule has 0 amide bonds. The van der Waals surface area contributed by atoms with Crippen molar-refractivity contribution in [1.82, 2.24) is 0 Å². The van der Waals surface area contributed by atoms with E-state index >= 15 is 0 Å². The molecule has 0 heterocycles. The van der Waals surface area contributed by atoms with E-state index in [-0.39, 0.29) is 17.9 Å².